The van der Waals surface area contributed by atoms with Crippen LogP contribution >= 0.6 is 11.6 Å². The molecule has 2 unspecified atom stereocenters. The Hall–Kier alpha value is -1.10. The summed E-state index contributed by atoms with van der Waals surface area (Å²) in [6, 6.07) is 7.51. The van der Waals surface area contributed by atoms with E-state index in [0.717, 1.165) is 5.56 Å². The smallest absolute Gasteiger partial charge is 0.223 e. The monoisotopic (exact) mass is 313 g/mol. The molecule has 118 valence electrons. The fourth-order valence-electron chi connectivity index (χ4n) is 2.27. The first-order valence-electron chi connectivity index (χ1n) is 7.06. The van der Waals surface area contributed by atoms with Gasteiger partial charge in [0.05, 0.1) is 12.1 Å². The molecule has 0 aliphatic carbocycles. The Morgan fingerprint density at radius 2 is 2.24 bits per heavy atom. The molecule has 1 amide bonds. The SMILES string of the molecule is COCC(C)(CCO)NC(=O)C(C)Cc1cccc(Cl)c1. The van der Waals surface area contributed by atoms with Gasteiger partial charge in [-0.3, -0.25) is 4.79 Å². The molecule has 4 nitrogen and oxygen atoms in total. The second-order valence-corrected chi connectivity index (χ2v) is 6.13. The lowest BCUT2D eigenvalue weighted by molar-refractivity contribution is -0.127. The molecule has 0 aliphatic heterocycles. The van der Waals surface area contributed by atoms with Crippen molar-refractivity contribution in [3.8, 4) is 0 Å². The zero-order chi connectivity index (χ0) is 15.9. The minimum Gasteiger partial charge on any atom is -0.396 e. The number of rotatable bonds is 8. The summed E-state index contributed by atoms with van der Waals surface area (Å²) in [5.41, 5.74) is 0.476. The Labute approximate surface area is 131 Å². The Morgan fingerprint density at radius 1 is 1.52 bits per heavy atom. The van der Waals surface area contributed by atoms with Crippen LogP contribution in [0.1, 0.15) is 25.8 Å². The summed E-state index contributed by atoms with van der Waals surface area (Å²) in [6.45, 7) is 4.12. The van der Waals surface area contributed by atoms with Crippen molar-refractivity contribution in [2.24, 2.45) is 5.92 Å². The number of carbonyl (C=O) groups is 1. The first-order valence-corrected chi connectivity index (χ1v) is 7.44. The fourth-order valence-corrected chi connectivity index (χ4v) is 2.48. The molecule has 0 aromatic heterocycles. The molecule has 5 heteroatoms. The molecular weight excluding hydrogens is 290 g/mol. The molecule has 0 saturated carbocycles. The number of halogens is 1. The minimum absolute atomic E-state index is 0.00279. The van der Waals surface area contributed by atoms with Crippen LogP contribution in [-0.4, -0.2) is 36.9 Å². The largest absolute Gasteiger partial charge is 0.396 e. The van der Waals surface area contributed by atoms with Gasteiger partial charge >= 0.3 is 0 Å². The van der Waals surface area contributed by atoms with E-state index in [0.29, 0.717) is 24.5 Å². The lowest BCUT2D eigenvalue weighted by Crippen LogP contribution is -2.51. The van der Waals surface area contributed by atoms with Crippen molar-refractivity contribution in [2.45, 2.75) is 32.2 Å². The molecule has 0 fully saturated rings. The number of benzene rings is 1. The summed E-state index contributed by atoms with van der Waals surface area (Å²) in [5.74, 6) is -0.235. The molecule has 2 N–H and O–H groups in total. The van der Waals surface area contributed by atoms with Gasteiger partial charge in [0, 0.05) is 24.7 Å². The number of aliphatic hydroxyl groups is 1. The van der Waals surface area contributed by atoms with Crippen molar-refractivity contribution in [1.82, 2.24) is 5.32 Å². The quantitative estimate of drug-likeness (QED) is 0.775. The highest BCUT2D eigenvalue weighted by Gasteiger charge is 2.28. The third-order valence-electron chi connectivity index (χ3n) is 3.43. The first kappa shape index (κ1) is 18.0. The third kappa shape index (κ3) is 6.04. The molecule has 0 spiro atoms. The average molecular weight is 314 g/mol. The summed E-state index contributed by atoms with van der Waals surface area (Å²) >= 11 is 5.95. The molecule has 1 aromatic rings. The predicted octanol–water partition coefficient (Wildman–Crippen LogP) is 2.42. The fraction of sp³-hybridized carbons (Fsp3) is 0.562. The van der Waals surface area contributed by atoms with Gasteiger partial charge in [-0.2, -0.15) is 0 Å². The summed E-state index contributed by atoms with van der Waals surface area (Å²) in [5, 5.41) is 12.8. The van der Waals surface area contributed by atoms with Gasteiger partial charge in [0.1, 0.15) is 0 Å². The van der Waals surface area contributed by atoms with Crippen LogP contribution < -0.4 is 5.32 Å². The Bertz CT molecular complexity index is 459. The Balaban J connectivity index is 2.64. The van der Waals surface area contributed by atoms with Gasteiger partial charge in [-0.25, -0.2) is 0 Å². The molecule has 0 saturated heterocycles. The average Bonchev–Trinajstić information content (AvgIpc) is 2.38. The predicted molar refractivity (Wildman–Crippen MR) is 84.4 cm³/mol. The van der Waals surface area contributed by atoms with Gasteiger partial charge in [0.25, 0.3) is 0 Å². The van der Waals surface area contributed by atoms with Gasteiger partial charge in [-0.15, -0.1) is 0 Å². The van der Waals surface area contributed by atoms with Crippen LogP contribution in [0.5, 0.6) is 0 Å². The van der Waals surface area contributed by atoms with Crippen LogP contribution in [-0.2, 0) is 16.0 Å². The van der Waals surface area contributed by atoms with E-state index >= 15 is 0 Å². The molecule has 0 heterocycles. The number of carbonyl (C=O) groups excluding carboxylic acids is 1. The molecule has 0 bridgehead atoms. The maximum absolute atomic E-state index is 12.3. The third-order valence-corrected chi connectivity index (χ3v) is 3.67. The van der Waals surface area contributed by atoms with E-state index in [-0.39, 0.29) is 18.4 Å². The molecule has 2 atom stereocenters. The summed E-state index contributed by atoms with van der Waals surface area (Å²) in [6.07, 6.45) is 1.07. The normalized spacial score (nSPS) is 15.3. The van der Waals surface area contributed by atoms with Gasteiger partial charge in [-0.05, 0) is 37.5 Å². The molecule has 0 aliphatic rings. The lowest BCUT2D eigenvalue weighted by Gasteiger charge is -2.30. The number of aliphatic hydroxyl groups excluding tert-OH is 1. The van der Waals surface area contributed by atoms with E-state index in [2.05, 4.69) is 5.32 Å². The number of hydrogen-bond acceptors (Lipinski definition) is 3. The molecule has 1 aromatic carbocycles. The molecule has 21 heavy (non-hydrogen) atoms. The van der Waals surface area contributed by atoms with Crippen molar-refractivity contribution in [3.05, 3.63) is 34.9 Å². The zero-order valence-electron chi connectivity index (χ0n) is 12.9. The van der Waals surface area contributed by atoms with Crippen LogP contribution in [0.2, 0.25) is 5.02 Å². The topological polar surface area (TPSA) is 58.6 Å². The summed E-state index contributed by atoms with van der Waals surface area (Å²) in [4.78, 5) is 12.3. The standard InChI is InChI=1S/C16H24ClNO3/c1-12(9-13-5-4-6-14(17)10-13)15(20)18-16(2,7-8-19)11-21-3/h4-6,10,12,19H,7-9,11H2,1-3H3,(H,18,20). The van der Waals surface area contributed by atoms with E-state index < -0.39 is 5.54 Å². The maximum Gasteiger partial charge on any atom is 0.223 e. The number of nitrogens with one attached hydrogen (secondary N) is 1. The highest BCUT2D eigenvalue weighted by Crippen LogP contribution is 2.16. The number of hydrogen-bond donors (Lipinski definition) is 2. The number of ether oxygens (including phenoxy) is 1. The van der Waals surface area contributed by atoms with E-state index in [9.17, 15) is 4.79 Å². The van der Waals surface area contributed by atoms with Crippen LogP contribution in [0.15, 0.2) is 24.3 Å². The van der Waals surface area contributed by atoms with Gasteiger partial charge in [-0.1, -0.05) is 30.7 Å². The summed E-state index contributed by atoms with van der Waals surface area (Å²) < 4.78 is 5.13. The van der Waals surface area contributed by atoms with Gasteiger partial charge < -0.3 is 15.2 Å². The van der Waals surface area contributed by atoms with Crippen molar-refractivity contribution in [1.29, 1.82) is 0 Å². The van der Waals surface area contributed by atoms with Crippen molar-refractivity contribution in [2.75, 3.05) is 20.3 Å². The van der Waals surface area contributed by atoms with Crippen LogP contribution in [0, 0.1) is 5.92 Å². The Morgan fingerprint density at radius 3 is 2.81 bits per heavy atom. The van der Waals surface area contributed by atoms with E-state index in [4.69, 9.17) is 21.4 Å². The highest BCUT2D eigenvalue weighted by atomic mass is 35.5. The van der Waals surface area contributed by atoms with Crippen LogP contribution in [0.3, 0.4) is 0 Å². The van der Waals surface area contributed by atoms with Crippen LogP contribution in [0.25, 0.3) is 0 Å². The van der Waals surface area contributed by atoms with E-state index in [1.807, 2.05) is 38.1 Å². The second kappa shape index (κ2) is 8.37. The first-order chi connectivity index (χ1) is 9.90. The highest BCUT2D eigenvalue weighted by molar-refractivity contribution is 6.30. The van der Waals surface area contributed by atoms with Gasteiger partial charge in [0.2, 0.25) is 5.91 Å². The molecule has 0 radical (unpaired) electrons. The number of amides is 1. The van der Waals surface area contributed by atoms with Crippen molar-refractivity contribution < 1.29 is 14.6 Å². The second-order valence-electron chi connectivity index (χ2n) is 5.69. The molecular formula is C16H24ClNO3. The van der Waals surface area contributed by atoms with Gasteiger partial charge in [0.15, 0.2) is 0 Å². The lowest BCUT2D eigenvalue weighted by atomic mass is 9.95. The maximum atomic E-state index is 12.3. The molecule has 1 rings (SSSR count). The van der Waals surface area contributed by atoms with Crippen molar-refractivity contribution >= 4 is 17.5 Å². The van der Waals surface area contributed by atoms with E-state index in [1.54, 1.807) is 7.11 Å². The zero-order valence-corrected chi connectivity index (χ0v) is 13.6. The van der Waals surface area contributed by atoms with Crippen molar-refractivity contribution in [3.63, 3.8) is 0 Å². The minimum atomic E-state index is -0.552. The number of methoxy groups -OCH3 is 1. The van der Waals surface area contributed by atoms with Crippen LogP contribution in [0.4, 0.5) is 0 Å². The Kier molecular flexibility index (Phi) is 7.15. The van der Waals surface area contributed by atoms with E-state index in [1.165, 1.54) is 0 Å². The summed E-state index contributed by atoms with van der Waals surface area (Å²) in [7, 11) is 1.58.